The van der Waals surface area contributed by atoms with E-state index >= 15 is 0 Å². The van der Waals surface area contributed by atoms with Gasteiger partial charge in [-0.15, -0.1) is 0 Å². The van der Waals surface area contributed by atoms with E-state index in [9.17, 15) is 14.7 Å². The maximum absolute atomic E-state index is 12.1. The van der Waals surface area contributed by atoms with Crippen molar-refractivity contribution in [3.8, 4) is 0 Å². The van der Waals surface area contributed by atoms with Crippen LogP contribution in [0.1, 0.15) is 174 Å². The van der Waals surface area contributed by atoms with E-state index < -0.39 is 6.10 Å². The van der Waals surface area contributed by atoms with Crippen LogP contribution in [0.2, 0.25) is 0 Å². The van der Waals surface area contributed by atoms with Gasteiger partial charge in [-0.05, 0) is 70.6 Å². The first-order valence-corrected chi connectivity index (χ1v) is 18.0. The van der Waals surface area contributed by atoms with Gasteiger partial charge in [0.15, 0.2) is 6.10 Å². The Morgan fingerprint density at radius 2 is 0.930 bits per heavy atom. The van der Waals surface area contributed by atoms with E-state index in [2.05, 4.69) is 50.3 Å². The lowest BCUT2D eigenvalue weighted by atomic mass is 10.1. The third-order valence-corrected chi connectivity index (χ3v) is 7.66. The fourth-order valence-corrected chi connectivity index (χ4v) is 4.87. The zero-order chi connectivity index (χ0) is 31.5. The van der Waals surface area contributed by atoms with Gasteiger partial charge in [0.1, 0.15) is 6.61 Å². The summed E-state index contributed by atoms with van der Waals surface area (Å²) in [4.78, 5) is 24.1. The number of hydrogen-bond donors (Lipinski definition) is 1. The van der Waals surface area contributed by atoms with Crippen molar-refractivity contribution < 1.29 is 24.2 Å². The van der Waals surface area contributed by atoms with Crippen LogP contribution in [0.15, 0.2) is 36.5 Å². The Labute approximate surface area is 266 Å². The molecule has 5 heteroatoms. The molecule has 0 heterocycles. The molecule has 0 aromatic carbocycles. The van der Waals surface area contributed by atoms with Crippen molar-refractivity contribution in [1.29, 1.82) is 0 Å². The molecule has 1 unspecified atom stereocenters. The fraction of sp³-hybridized carbons (Fsp3) is 0.789. The molecule has 0 aromatic rings. The van der Waals surface area contributed by atoms with Crippen molar-refractivity contribution >= 4 is 11.9 Å². The molecule has 0 amide bonds. The van der Waals surface area contributed by atoms with Crippen molar-refractivity contribution in [2.75, 3.05) is 13.2 Å². The standard InChI is InChI=1S/C38H68O5/c1-3-5-7-9-11-13-15-17-18-19-20-21-23-25-27-29-31-33-38(41)43-36(34-39)35-42-37(40)32-30-28-26-24-22-16-14-12-10-8-6-4-2/h11-14,17-18,36,39H,3-10,15-16,19-35H2,1-2H3/b13-11-,14-12-,18-17-. The molecule has 0 aliphatic carbocycles. The van der Waals surface area contributed by atoms with Gasteiger partial charge in [-0.2, -0.15) is 0 Å². The zero-order valence-corrected chi connectivity index (χ0v) is 28.2. The number of esters is 2. The number of ether oxygens (including phenoxy) is 2. The minimum absolute atomic E-state index is 0.0728. The van der Waals surface area contributed by atoms with Crippen LogP contribution in [0, 0.1) is 0 Å². The Balaban J connectivity index is 3.60. The van der Waals surface area contributed by atoms with Crippen LogP contribution in [0.25, 0.3) is 0 Å². The molecule has 0 aliphatic rings. The van der Waals surface area contributed by atoms with Crippen LogP contribution in [0.5, 0.6) is 0 Å². The Kier molecular flexibility index (Phi) is 33.1. The lowest BCUT2D eigenvalue weighted by Gasteiger charge is -2.15. The maximum atomic E-state index is 12.1. The molecule has 43 heavy (non-hydrogen) atoms. The van der Waals surface area contributed by atoms with Crippen LogP contribution in [0.3, 0.4) is 0 Å². The third-order valence-electron chi connectivity index (χ3n) is 7.66. The number of aliphatic hydroxyl groups is 1. The van der Waals surface area contributed by atoms with E-state index in [1.807, 2.05) is 0 Å². The second-order valence-corrected chi connectivity index (χ2v) is 11.9. The van der Waals surface area contributed by atoms with Gasteiger partial charge in [0.25, 0.3) is 0 Å². The van der Waals surface area contributed by atoms with Gasteiger partial charge in [-0.1, -0.05) is 127 Å². The minimum atomic E-state index is -0.776. The van der Waals surface area contributed by atoms with Crippen LogP contribution in [-0.2, 0) is 19.1 Å². The van der Waals surface area contributed by atoms with Crippen molar-refractivity contribution in [2.24, 2.45) is 0 Å². The summed E-state index contributed by atoms with van der Waals surface area (Å²) in [5.41, 5.74) is 0. The molecule has 0 spiro atoms. The predicted molar refractivity (Wildman–Crippen MR) is 182 cm³/mol. The molecular weight excluding hydrogens is 536 g/mol. The van der Waals surface area contributed by atoms with Gasteiger partial charge in [0.05, 0.1) is 6.61 Å². The van der Waals surface area contributed by atoms with Gasteiger partial charge in [-0.25, -0.2) is 0 Å². The summed E-state index contributed by atoms with van der Waals surface area (Å²) in [6, 6.07) is 0. The van der Waals surface area contributed by atoms with E-state index in [1.54, 1.807) is 0 Å². The molecule has 0 saturated heterocycles. The largest absolute Gasteiger partial charge is 0.462 e. The maximum Gasteiger partial charge on any atom is 0.306 e. The zero-order valence-electron chi connectivity index (χ0n) is 28.2. The monoisotopic (exact) mass is 605 g/mol. The molecule has 0 aliphatic heterocycles. The summed E-state index contributed by atoms with van der Waals surface area (Å²) in [5.74, 6) is -0.612. The van der Waals surface area contributed by atoms with Crippen LogP contribution >= 0.6 is 0 Å². The highest BCUT2D eigenvalue weighted by atomic mass is 16.6. The normalized spacial score (nSPS) is 12.5. The molecule has 5 nitrogen and oxygen atoms in total. The molecule has 0 bridgehead atoms. The van der Waals surface area contributed by atoms with Crippen molar-refractivity contribution in [3.05, 3.63) is 36.5 Å². The summed E-state index contributed by atoms with van der Waals surface area (Å²) in [5, 5.41) is 9.52. The summed E-state index contributed by atoms with van der Waals surface area (Å²) in [6.07, 6.45) is 40.5. The Morgan fingerprint density at radius 3 is 1.40 bits per heavy atom. The Morgan fingerprint density at radius 1 is 0.535 bits per heavy atom. The molecule has 0 aromatic heterocycles. The highest BCUT2D eigenvalue weighted by Crippen LogP contribution is 2.12. The number of unbranched alkanes of at least 4 members (excludes halogenated alkanes) is 18. The SMILES string of the molecule is CCCCC/C=C\C/C=C\CCCCCCCCCC(=O)OC(CO)COC(=O)CCCCCCC/C=C\CCCCC. The van der Waals surface area contributed by atoms with Gasteiger partial charge >= 0.3 is 11.9 Å². The molecule has 1 N–H and O–H groups in total. The highest BCUT2D eigenvalue weighted by molar-refractivity contribution is 5.70. The molecule has 250 valence electrons. The average molecular weight is 605 g/mol. The van der Waals surface area contributed by atoms with Gasteiger partial charge in [0.2, 0.25) is 0 Å². The van der Waals surface area contributed by atoms with Crippen molar-refractivity contribution in [1.82, 2.24) is 0 Å². The molecule has 0 rings (SSSR count). The molecule has 1 atom stereocenters. The third kappa shape index (κ3) is 32.9. The Bertz CT molecular complexity index is 696. The fourth-order valence-electron chi connectivity index (χ4n) is 4.87. The molecule has 0 radical (unpaired) electrons. The quantitative estimate of drug-likeness (QED) is 0.0470. The molecule has 0 fully saturated rings. The smallest absolute Gasteiger partial charge is 0.306 e. The number of carbonyl (C=O) groups excluding carboxylic acids is 2. The van der Waals surface area contributed by atoms with Gasteiger partial charge in [-0.3, -0.25) is 9.59 Å². The van der Waals surface area contributed by atoms with Gasteiger partial charge in [0, 0.05) is 12.8 Å². The van der Waals surface area contributed by atoms with E-state index in [-0.39, 0.29) is 25.2 Å². The number of carbonyl (C=O) groups is 2. The topological polar surface area (TPSA) is 72.8 Å². The summed E-state index contributed by atoms with van der Waals surface area (Å²) < 4.78 is 10.6. The predicted octanol–water partition coefficient (Wildman–Crippen LogP) is 10.9. The van der Waals surface area contributed by atoms with Crippen molar-refractivity contribution in [2.45, 2.75) is 180 Å². The van der Waals surface area contributed by atoms with E-state index in [0.717, 1.165) is 57.8 Å². The number of rotatable bonds is 32. The Hall–Kier alpha value is -1.88. The van der Waals surface area contributed by atoms with Crippen LogP contribution < -0.4 is 0 Å². The van der Waals surface area contributed by atoms with Gasteiger partial charge < -0.3 is 14.6 Å². The molecule has 0 saturated carbocycles. The first kappa shape index (κ1) is 41.1. The summed E-state index contributed by atoms with van der Waals surface area (Å²) >= 11 is 0. The lowest BCUT2D eigenvalue weighted by molar-refractivity contribution is -0.161. The van der Waals surface area contributed by atoms with Crippen LogP contribution in [0.4, 0.5) is 0 Å². The second-order valence-electron chi connectivity index (χ2n) is 11.9. The first-order chi connectivity index (χ1) is 21.1. The summed E-state index contributed by atoms with van der Waals surface area (Å²) in [6.45, 7) is 4.06. The van der Waals surface area contributed by atoms with Crippen LogP contribution in [-0.4, -0.2) is 36.4 Å². The highest BCUT2D eigenvalue weighted by Gasteiger charge is 2.16. The minimum Gasteiger partial charge on any atom is -0.462 e. The number of hydrogen-bond acceptors (Lipinski definition) is 5. The van der Waals surface area contributed by atoms with E-state index in [0.29, 0.717) is 12.8 Å². The lowest BCUT2D eigenvalue weighted by Crippen LogP contribution is -2.28. The van der Waals surface area contributed by atoms with E-state index in [4.69, 9.17) is 9.47 Å². The summed E-state index contributed by atoms with van der Waals surface area (Å²) in [7, 11) is 0. The van der Waals surface area contributed by atoms with E-state index in [1.165, 1.54) is 89.9 Å². The molecular formula is C38H68O5. The second kappa shape index (κ2) is 34.6. The number of allylic oxidation sites excluding steroid dienone is 6. The number of aliphatic hydroxyl groups excluding tert-OH is 1. The average Bonchev–Trinajstić information content (AvgIpc) is 3.01. The first-order valence-electron chi connectivity index (χ1n) is 18.0. The van der Waals surface area contributed by atoms with Crippen molar-refractivity contribution in [3.63, 3.8) is 0 Å².